The molecule has 3 aromatic carbocycles. The molecule has 228 valence electrons. The molecule has 6 rings (SSSR count). The number of anilines is 1. The summed E-state index contributed by atoms with van der Waals surface area (Å²) in [5, 5.41) is 0. The maximum absolute atomic E-state index is 14.2. The van der Waals surface area contributed by atoms with Gasteiger partial charge in [-0.05, 0) is 61.1 Å². The fraction of sp³-hybridized carbons (Fsp3) is 0.385. The second-order valence-corrected chi connectivity index (χ2v) is 12.6. The normalized spacial score (nSPS) is 16.3. The van der Waals surface area contributed by atoms with Gasteiger partial charge in [0.05, 0.1) is 0 Å². The van der Waals surface area contributed by atoms with E-state index >= 15 is 0 Å². The molecule has 0 unspecified atom stereocenters. The third kappa shape index (κ3) is 7.39. The minimum absolute atomic E-state index is 0.147. The van der Waals surface area contributed by atoms with Crippen LogP contribution in [0, 0.1) is 6.92 Å². The van der Waals surface area contributed by atoms with E-state index in [0.717, 1.165) is 68.9 Å². The van der Waals surface area contributed by atoms with Gasteiger partial charge in [-0.15, -0.1) is 0 Å². The van der Waals surface area contributed by atoms with E-state index in [2.05, 4.69) is 106 Å². The van der Waals surface area contributed by atoms with Crippen LogP contribution in [0.2, 0.25) is 0 Å². The lowest BCUT2D eigenvalue weighted by Crippen LogP contribution is -2.47. The van der Waals surface area contributed by atoms with Crippen LogP contribution in [0.15, 0.2) is 103 Å². The van der Waals surface area contributed by atoms with E-state index in [0.29, 0.717) is 18.5 Å². The first-order chi connectivity index (χ1) is 21.7. The highest BCUT2D eigenvalue weighted by Crippen LogP contribution is 2.30. The molecular formula is C39H46N4O. The molecule has 4 aromatic rings. The maximum atomic E-state index is 14.2. The number of carbonyl (C=O) groups is 1. The van der Waals surface area contributed by atoms with Gasteiger partial charge < -0.3 is 9.80 Å². The number of nitrogens with zero attached hydrogens (tertiary/aromatic N) is 4. The van der Waals surface area contributed by atoms with Crippen molar-refractivity contribution < 1.29 is 4.79 Å². The third-order valence-electron chi connectivity index (χ3n) is 9.63. The largest absolute Gasteiger partial charge is 0.354 e. The summed E-state index contributed by atoms with van der Waals surface area (Å²) in [7, 11) is 0. The highest BCUT2D eigenvalue weighted by molar-refractivity contribution is 5.96. The molecule has 1 aromatic heterocycles. The number of rotatable bonds is 10. The van der Waals surface area contributed by atoms with Crippen molar-refractivity contribution in [3.8, 4) is 0 Å². The van der Waals surface area contributed by atoms with Crippen molar-refractivity contribution in [2.45, 2.75) is 64.0 Å². The van der Waals surface area contributed by atoms with E-state index in [1.165, 1.54) is 36.0 Å². The van der Waals surface area contributed by atoms with Crippen LogP contribution in [0.5, 0.6) is 0 Å². The van der Waals surface area contributed by atoms with E-state index in [1.807, 2.05) is 19.2 Å². The van der Waals surface area contributed by atoms with Crippen molar-refractivity contribution in [2.24, 2.45) is 0 Å². The van der Waals surface area contributed by atoms with Gasteiger partial charge in [0, 0.05) is 56.4 Å². The van der Waals surface area contributed by atoms with E-state index in [1.54, 1.807) is 0 Å². The summed E-state index contributed by atoms with van der Waals surface area (Å²) >= 11 is 0. The summed E-state index contributed by atoms with van der Waals surface area (Å²) in [6.07, 6.45) is 8.85. The Labute approximate surface area is 263 Å². The monoisotopic (exact) mass is 586 g/mol. The number of piperazine rings is 1. The summed E-state index contributed by atoms with van der Waals surface area (Å²) in [4.78, 5) is 26.1. The molecule has 5 nitrogen and oxygen atoms in total. The zero-order valence-electron chi connectivity index (χ0n) is 26.2. The zero-order valence-corrected chi connectivity index (χ0v) is 26.2. The van der Waals surface area contributed by atoms with Crippen molar-refractivity contribution in [3.05, 3.63) is 131 Å². The molecule has 2 aliphatic rings. The van der Waals surface area contributed by atoms with Gasteiger partial charge in [-0.1, -0.05) is 110 Å². The Morgan fingerprint density at radius 3 is 2.02 bits per heavy atom. The molecule has 2 fully saturated rings. The highest BCUT2D eigenvalue weighted by Gasteiger charge is 2.29. The second-order valence-electron chi connectivity index (χ2n) is 12.6. The lowest BCUT2D eigenvalue weighted by atomic mass is 9.88. The van der Waals surface area contributed by atoms with Gasteiger partial charge in [0.2, 0.25) is 0 Å². The Bertz CT molecular complexity index is 1420. The lowest BCUT2D eigenvalue weighted by Gasteiger charge is -2.37. The summed E-state index contributed by atoms with van der Waals surface area (Å²) in [5.74, 6) is 1.47. The van der Waals surface area contributed by atoms with Crippen LogP contribution in [-0.4, -0.2) is 59.5 Å². The van der Waals surface area contributed by atoms with E-state index < -0.39 is 0 Å². The number of carbonyl (C=O) groups excluding carboxylic acids is 1. The Balaban J connectivity index is 1.12. The topological polar surface area (TPSA) is 39.7 Å². The molecule has 0 spiro atoms. The number of hydrogen-bond acceptors (Lipinski definition) is 4. The van der Waals surface area contributed by atoms with Crippen molar-refractivity contribution >= 4 is 11.7 Å². The van der Waals surface area contributed by atoms with Crippen LogP contribution in [0.25, 0.3) is 0 Å². The molecule has 1 aliphatic heterocycles. The third-order valence-corrected chi connectivity index (χ3v) is 9.63. The predicted molar refractivity (Wildman–Crippen MR) is 180 cm³/mol. The fourth-order valence-corrected chi connectivity index (χ4v) is 7.02. The van der Waals surface area contributed by atoms with E-state index in [9.17, 15) is 4.79 Å². The SMILES string of the molecule is Cc1cnc(N2CCN(CCC(c3ccccc3)c3ccccc3)CC2)cc1C(=O)N(Cc1ccccc1)C1CCCCC1. The van der Waals surface area contributed by atoms with Gasteiger partial charge in [0.1, 0.15) is 5.82 Å². The first kappa shape index (κ1) is 30.1. The van der Waals surface area contributed by atoms with Crippen LogP contribution in [0.4, 0.5) is 5.82 Å². The van der Waals surface area contributed by atoms with Crippen molar-refractivity contribution in [3.63, 3.8) is 0 Å². The predicted octanol–water partition coefficient (Wildman–Crippen LogP) is 7.71. The summed E-state index contributed by atoms with van der Waals surface area (Å²) in [6.45, 7) is 7.58. The number of aryl methyl sites for hydroxylation is 1. The number of hydrogen-bond donors (Lipinski definition) is 0. The Morgan fingerprint density at radius 2 is 1.41 bits per heavy atom. The second kappa shape index (κ2) is 14.7. The van der Waals surface area contributed by atoms with E-state index in [-0.39, 0.29) is 5.91 Å². The van der Waals surface area contributed by atoms with Crippen molar-refractivity contribution in [1.82, 2.24) is 14.8 Å². The average Bonchev–Trinajstić information content (AvgIpc) is 3.09. The van der Waals surface area contributed by atoms with Gasteiger partial charge in [-0.25, -0.2) is 4.98 Å². The summed E-state index contributed by atoms with van der Waals surface area (Å²) < 4.78 is 0. The van der Waals surface area contributed by atoms with E-state index in [4.69, 9.17) is 4.98 Å². The van der Waals surface area contributed by atoms with Crippen LogP contribution >= 0.6 is 0 Å². The molecule has 0 radical (unpaired) electrons. The number of amides is 1. The maximum Gasteiger partial charge on any atom is 0.254 e. The lowest BCUT2D eigenvalue weighted by molar-refractivity contribution is 0.0613. The molecule has 0 N–H and O–H groups in total. The molecule has 1 amide bonds. The molecule has 2 heterocycles. The van der Waals surface area contributed by atoms with Gasteiger partial charge >= 0.3 is 0 Å². The zero-order chi connectivity index (χ0) is 30.1. The number of aromatic nitrogens is 1. The fourth-order valence-electron chi connectivity index (χ4n) is 7.02. The minimum Gasteiger partial charge on any atom is -0.354 e. The average molecular weight is 587 g/mol. The quantitative estimate of drug-likeness (QED) is 0.191. The van der Waals surface area contributed by atoms with Crippen LogP contribution in [0.3, 0.4) is 0 Å². The van der Waals surface area contributed by atoms with Crippen molar-refractivity contribution in [2.75, 3.05) is 37.6 Å². The smallest absolute Gasteiger partial charge is 0.254 e. The van der Waals surface area contributed by atoms with Crippen LogP contribution in [-0.2, 0) is 6.54 Å². The highest BCUT2D eigenvalue weighted by atomic mass is 16.2. The van der Waals surface area contributed by atoms with Crippen molar-refractivity contribution in [1.29, 1.82) is 0 Å². The van der Waals surface area contributed by atoms with Crippen LogP contribution in [0.1, 0.15) is 77.1 Å². The van der Waals surface area contributed by atoms with Gasteiger partial charge in [0.25, 0.3) is 5.91 Å². The Kier molecular flexibility index (Phi) is 10.0. The molecule has 0 atom stereocenters. The molecule has 5 heteroatoms. The first-order valence-electron chi connectivity index (χ1n) is 16.5. The number of benzene rings is 3. The van der Waals surface area contributed by atoms with Gasteiger partial charge in [-0.3, -0.25) is 9.69 Å². The molecular weight excluding hydrogens is 540 g/mol. The molecule has 1 saturated carbocycles. The first-order valence-corrected chi connectivity index (χ1v) is 16.5. The summed E-state index contributed by atoms with van der Waals surface area (Å²) in [6, 6.07) is 34.6. The summed E-state index contributed by atoms with van der Waals surface area (Å²) in [5.41, 5.74) is 5.71. The molecule has 44 heavy (non-hydrogen) atoms. The van der Waals surface area contributed by atoms with Crippen LogP contribution < -0.4 is 4.90 Å². The molecule has 1 saturated heterocycles. The Morgan fingerprint density at radius 1 is 0.818 bits per heavy atom. The standard InChI is InChI=1S/C39H46N4O/c1-31-29-40-38(28-37(31)39(44)43(35-20-12-5-13-21-35)30-32-14-6-2-7-15-32)42-26-24-41(25-27-42)23-22-36(33-16-8-3-9-17-33)34-18-10-4-11-19-34/h2-4,6-11,14-19,28-29,35-36H,5,12-13,20-27,30H2,1H3. The minimum atomic E-state index is 0.147. The molecule has 1 aliphatic carbocycles. The molecule has 0 bridgehead atoms. The Hall–Kier alpha value is -3.96. The van der Waals surface area contributed by atoms with Gasteiger partial charge in [-0.2, -0.15) is 0 Å². The number of pyridine rings is 1. The van der Waals surface area contributed by atoms with Gasteiger partial charge in [0.15, 0.2) is 0 Å².